The van der Waals surface area contributed by atoms with E-state index in [9.17, 15) is 9.90 Å². The number of amides is 2. The van der Waals surface area contributed by atoms with Crippen LogP contribution in [0.2, 0.25) is 0 Å². The maximum Gasteiger partial charge on any atom is 0.323 e. The van der Waals surface area contributed by atoms with Gasteiger partial charge in [-0.15, -0.1) is 0 Å². The minimum atomic E-state index is -0.405. The summed E-state index contributed by atoms with van der Waals surface area (Å²) < 4.78 is 0.774. The van der Waals surface area contributed by atoms with Crippen LogP contribution in [-0.4, -0.2) is 11.1 Å². The highest BCUT2D eigenvalue weighted by atomic mass is 79.9. The molecule has 0 radical (unpaired) electrons. The molecule has 0 spiro atoms. The van der Waals surface area contributed by atoms with Crippen molar-refractivity contribution in [2.45, 2.75) is 6.92 Å². The summed E-state index contributed by atoms with van der Waals surface area (Å²) in [5.41, 5.74) is 2.16. The molecule has 0 aromatic heterocycles. The minimum absolute atomic E-state index is 0.0160. The highest BCUT2D eigenvalue weighted by molar-refractivity contribution is 9.10. The lowest BCUT2D eigenvalue weighted by molar-refractivity contribution is 0.262. The molecule has 0 unspecified atom stereocenters. The van der Waals surface area contributed by atoms with E-state index in [1.54, 1.807) is 12.1 Å². The molecule has 2 amide bonds. The van der Waals surface area contributed by atoms with Crippen molar-refractivity contribution in [2.75, 3.05) is 10.6 Å². The monoisotopic (exact) mass is 320 g/mol. The quantitative estimate of drug-likeness (QED) is 0.729. The fraction of sp³-hybridized carbons (Fsp3) is 0.0714. The number of nitrogens with one attached hydrogen (secondary N) is 2. The highest BCUT2D eigenvalue weighted by Crippen LogP contribution is 2.26. The summed E-state index contributed by atoms with van der Waals surface area (Å²) in [6, 6.07) is 11.9. The maximum atomic E-state index is 11.8. The van der Waals surface area contributed by atoms with Crippen molar-refractivity contribution < 1.29 is 9.90 Å². The van der Waals surface area contributed by atoms with Crippen LogP contribution in [0.15, 0.2) is 46.9 Å². The number of carbonyl (C=O) groups excluding carboxylic acids is 1. The molecule has 0 fully saturated rings. The second-order valence-corrected chi connectivity index (χ2v) is 5.02. The maximum absolute atomic E-state index is 11.8. The van der Waals surface area contributed by atoms with E-state index in [0.29, 0.717) is 11.4 Å². The van der Waals surface area contributed by atoms with Gasteiger partial charge in [-0.05, 0) is 37.3 Å². The van der Waals surface area contributed by atoms with Gasteiger partial charge < -0.3 is 15.7 Å². The molecule has 0 aliphatic carbocycles. The number of benzene rings is 2. The summed E-state index contributed by atoms with van der Waals surface area (Å²) >= 11 is 3.28. The SMILES string of the molecule is Cc1ccc(NC(=O)Nc2cc(Br)ccc2O)cc1. The van der Waals surface area contributed by atoms with E-state index in [-0.39, 0.29) is 5.75 Å². The van der Waals surface area contributed by atoms with Crippen molar-refractivity contribution in [1.29, 1.82) is 0 Å². The summed E-state index contributed by atoms with van der Waals surface area (Å²) in [7, 11) is 0. The summed E-state index contributed by atoms with van der Waals surface area (Å²) in [5.74, 6) is 0.0160. The molecule has 4 nitrogen and oxygen atoms in total. The summed E-state index contributed by atoms with van der Waals surface area (Å²) in [6.45, 7) is 1.98. The van der Waals surface area contributed by atoms with E-state index in [2.05, 4.69) is 26.6 Å². The first-order chi connectivity index (χ1) is 9.04. The molecule has 0 saturated carbocycles. The first-order valence-electron chi connectivity index (χ1n) is 5.68. The number of aryl methyl sites for hydroxylation is 1. The molecule has 0 aliphatic rings. The average Bonchev–Trinajstić information content (AvgIpc) is 2.37. The topological polar surface area (TPSA) is 61.4 Å². The Labute approximate surface area is 119 Å². The van der Waals surface area contributed by atoms with E-state index in [4.69, 9.17) is 0 Å². The Morgan fingerprint density at radius 2 is 1.79 bits per heavy atom. The zero-order valence-corrected chi connectivity index (χ0v) is 11.9. The van der Waals surface area contributed by atoms with Crippen molar-refractivity contribution in [3.63, 3.8) is 0 Å². The van der Waals surface area contributed by atoms with Crippen molar-refractivity contribution in [3.05, 3.63) is 52.5 Å². The lowest BCUT2D eigenvalue weighted by Gasteiger charge is -2.09. The number of hydrogen-bond acceptors (Lipinski definition) is 2. The Balaban J connectivity index is 2.05. The van der Waals surface area contributed by atoms with Crippen LogP contribution in [0.25, 0.3) is 0 Å². The molecule has 3 N–H and O–H groups in total. The van der Waals surface area contributed by atoms with Crippen molar-refractivity contribution in [2.24, 2.45) is 0 Å². The van der Waals surface area contributed by atoms with Crippen molar-refractivity contribution in [1.82, 2.24) is 0 Å². The molecular formula is C14H13BrN2O2. The van der Waals surface area contributed by atoms with E-state index >= 15 is 0 Å². The van der Waals surface area contributed by atoms with Gasteiger partial charge in [0.15, 0.2) is 0 Å². The van der Waals surface area contributed by atoms with Gasteiger partial charge in [-0.25, -0.2) is 4.79 Å². The van der Waals surface area contributed by atoms with Crippen LogP contribution in [-0.2, 0) is 0 Å². The van der Waals surface area contributed by atoms with E-state index in [0.717, 1.165) is 10.0 Å². The fourth-order valence-electron chi connectivity index (χ4n) is 1.53. The van der Waals surface area contributed by atoms with Crippen molar-refractivity contribution >= 4 is 33.3 Å². The molecule has 2 aromatic carbocycles. The second kappa shape index (κ2) is 5.75. The van der Waals surface area contributed by atoms with Gasteiger partial charge >= 0.3 is 6.03 Å². The lowest BCUT2D eigenvalue weighted by atomic mass is 10.2. The fourth-order valence-corrected chi connectivity index (χ4v) is 1.89. The van der Waals surface area contributed by atoms with Gasteiger partial charge in [-0.2, -0.15) is 0 Å². The lowest BCUT2D eigenvalue weighted by Crippen LogP contribution is -2.19. The van der Waals surface area contributed by atoms with Crippen LogP contribution < -0.4 is 10.6 Å². The third-order valence-electron chi connectivity index (χ3n) is 2.52. The number of anilines is 2. The van der Waals surface area contributed by atoms with Crippen LogP contribution in [0.4, 0.5) is 16.2 Å². The third-order valence-corrected chi connectivity index (χ3v) is 3.01. The highest BCUT2D eigenvalue weighted by Gasteiger charge is 2.06. The first kappa shape index (κ1) is 13.4. The molecule has 0 saturated heterocycles. The molecule has 0 heterocycles. The Kier molecular flexibility index (Phi) is 4.06. The standard InChI is InChI=1S/C14H13BrN2O2/c1-9-2-5-11(6-3-9)16-14(19)17-12-8-10(15)4-7-13(12)18/h2-8,18H,1H3,(H2,16,17,19). The molecule has 0 aliphatic heterocycles. The van der Waals surface area contributed by atoms with Crippen LogP contribution in [0.5, 0.6) is 5.75 Å². The Bertz CT molecular complexity index is 597. The zero-order valence-electron chi connectivity index (χ0n) is 10.3. The third kappa shape index (κ3) is 3.72. The number of hydrogen-bond donors (Lipinski definition) is 3. The summed E-state index contributed by atoms with van der Waals surface area (Å²) in [4.78, 5) is 11.8. The average molecular weight is 321 g/mol. The molecule has 5 heteroatoms. The number of rotatable bonds is 2. The van der Waals surface area contributed by atoms with Gasteiger partial charge in [0.1, 0.15) is 5.75 Å². The van der Waals surface area contributed by atoms with Crippen LogP contribution >= 0.6 is 15.9 Å². The van der Waals surface area contributed by atoms with Crippen molar-refractivity contribution in [3.8, 4) is 5.75 Å². The van der Waals surface area contributed by atoms with Gasteiger partial charge in [0.25, 0.3) is 0 Å². The van der Waals surface area contributed by atoms with E-state index < -0.39 is 6.03 Å². The number of phenolic OH excluding ortho intramolecular Hbond substituents is 1. The number of carbonyl (C=O) groups is 1. The zero-order chi connectivity index (χ0) is 13.8. The second-order valence-electron chi connectivity index (χ2n) is 4.11. The van der Waals surface area contributed by atoms with Gasteiger partial charge in [-0.3, -0.25) is 0 Å². The molecule has 2 rings (SSSR count). The predicted molar refractivity (Wildman–Crippen MR) is 79.6 cm³/mol. The van der Waals surface area contributed by atoms with Crippen LogP contribution in [0, 0.1) is 6.92 Å². The molecular weight excluding hydrogens is 308 g/mol. The van der Waals surface area contributed by atoms with Crippen LogP contribution in [0.1, 0.15) is 5.56 Å². The molecule has 0 atom stereocenters. The van der Waals surface area contributed by atoms with Gasteiger partial charge in [0, 0.05) is 10.2 Å². The number of aromatic hydroxyl groups is 1. The summed E-state index contributed by atoms with van der Waals surface area (Å²) in [6.07, 6.45) is 0. The van der Waals surface area contributed by atoms with E-state index in [1.165, 1.54) is 6.07 Å². The molecule has 2 aromatic rings. The van der Waals surface area contributed by atoms with Crippen LogP contribution in [0.3, 0.4) is 0 Å². The molecule has 19 heavy (non-hydrogen) atoms. The first-order valence-corrected chi connectivity index (χ1v) is 6.47. The minimum Gasteiger partial charge on any atom is -0.506 e. The molecule has 0 bridgehead atoms. The Morgan fingerprint density at radius 1 is 1.11 bits per heavy atom. The summed E-state index contributed by atoms with van der Waals surface area (Å²) in [5, 5.41) is 14.9. The smallest absolute Gasteiger partial charge is 0.323 e. The van der Waals surface area contributed by atoms with Gasteiger partial charge in [0.05, 0.1) is 5.69 Å². The van der Waals surface area contributed by atoms with Gasteiger partial charge in [-0.1, -0.05) is 33.6 Å². The number of urea groups is 1. The normalized spacial score (nSPS) is 10.0. The predicted octanol–water partition coefficient (Wildman–Crippen LogP) is 4.11. The number of phenols is 1. The van der Waals surface area contributed by atoms with E-state index in [1.807, 2.05) is 31.2 Å². The molecule has 98 valence electrons. The Hall–Kier alpha value is -2.01. The number of halogens is 1. The Morgan fingerprint density at radius 3 is 2.47 bits per heavy atom. The van der Waals surface area contributed by atoms with Gasteiger partial charge in [0.2, 0.25) is 0 Å². The largest absolute Gasteiger partial charge is 0.506 e.